The van der Waals surface area contributed by atoms with Crippen molar-refractivity contribution in [3.8, 4) is 0 Å². The van der Waals surface area contributed by atoms with Gasteiger partial charge in [0.1, 0.15) is 5.82 Å². The van der Waals surface area contributed by atoms with Crippen molar-refractivity contribution in [1.29, 1.82) is 0 Å². The first-order chi connectivity index (χ1) is 8.69. The largest absolute Gasteiger partial charge is 0.238 e. The van der Waals surface area contributed by atoms with E-state index in [1.54, 1.807) is 0 Å². The van der Waals surface area contributed by atoms with E-state index in [4.69, 9.17) is 0 Å². The van der Waals surface area contributed by atoms with Crippen LogP contribution in [0.2, 0.25) is 0 Å². The van der Waals surface area contributed by atoms with E-state index in [0.717, 1.165) is 30.1 Å². The monoisotopic (exact) mass is 304 g/mol. The van der Waals surface area contributed by atoms with Gasteiger partial charge in [0.05, 0.1) is 0 Å². The Morgan fingerprint density at radius 2 is 1.78 bits per heavy atom. The summed E-state index contributed by atoms with van der Waals surface area (Å²) in [5.74, 6) is 0.858. The van der Waals surface area contributed by atoms with Crippen molar-refractivity contribution in [3.05, 3.63) is 59.2 Å². The van der Waals surface area contributed by atoms with Gasteiger partial charge in [0.2, 0.25) is 0 Å². The number of nitrogens with zero attached hydrogens (tertiary/aromatic N) is 2. The first-order valence-corrected chi connectivity index (χ1v) is 7.13. The molecule has 1 unspecified atom stereocenters. The van der Waals surface area contributed by atoms with Crippen molar-refractivity contribution in [2.45, 2.75) is 31.5 Å². The first-order valence-electron chi connectivity index (χ1n) is 6.21. The van der Waals surface area contributed by atoms with Crippen LogP contribution in [0, 0.1) is 6.92 Å². The fourth-order valence-corrected chi connectivity index (χ4v) is 2.58. The minimum atomic E-state index is 0.303. The van der Waals surface area contributed by atoms with E-state index in [2.05, 4.69) is 63.2 Å². The molecule has 2 nitrogen and oxygen atoms in total. The van der Waals surface area contributed by atoms with Crippen LogP contribution in [0.5, 0.6) is 0 Å². The molecule has 1 heterocycles. The molecule has 2 rings (SSSR count). The van der Waals surface area contributed by atoms with E-state index >= 15 is 0 Å². The highest BCUT2D eigenvalue weighted by Crippen LogP contribution is 2.26. The predicted octanol–water partition coefficient (Wildman–Crippen LogP) is 4.03. The van der Waals surface area contributed by atoms with Gasteiger partial charge in [-0.3, -0.25) is 0 Å². The van der Waals surface area contributed by atoms with Gasteiger partial charge in [-0.1, -0.05) is 53.2 Å². The molecule has 0 aliphatic heterocycles. The Hall–Kier alpha value is -1.22. The van der Waals surface area contributed by atoms with E-state index in [1.807, 2.05) is 13.0 Å². The summed E-state index contributed by atoms with van der Waals surface area (Å²) < 4.78 is 0. The van der Waals surface area contributed by atoms with E-state index in [1.165, 1.54) is 5.56 Å². The zero-order valence-electron chi connectivity index (χ0n) is 10.7. The summed E-state index contributed by atoms with van der Waals surface area (Å²) in [6.45, 7) is 4.07. The highest BCUT2D eigenvalue weighted by Gasteiger charge is 2.10. The van der Waals surface area contributed by atoms with Gasteiger partial charge >= 0.3 is 0 Å². The molecule has 0 amide bonds. The molecular weight excluding hydrogens is 288 g/mol. The molecular formula is C15H17BrN2. The highest BCUT2D eigenvalue weighted by atomic mass is 79.9. The summed E-state index contributed by atoms with van der Waals surface area (Å²) in [4.78, 5) is 9.22. The van der Waals surface area contributed by atoms with Crippen LogP contribution < -0.4 is 0 Å². The van der Waals surface area contributed by atoms with Crippen LogP contribution >= 0.6 is 15.9 Å². The molecule has 1 aromatic heterocycles. The highest BCUT2D eigenvalue weighted by molar-refractivity contribution is 9.09. The van der Waals surface area contributed by atoms with Crippen molar-refractivity contribution in [3.63, 3.8) is 0 Å². The lowest BCUT2D eigenvalue weighted by atomic mass is 10.1. The van der Waals surface area contributed by atoms with Gasteiger partial charge < -0.3 is 0 Å². The Bertz CT molecular complexity index is 511. The van der Waals surface area contributed by atoms with Crippen LogP contribution in [-0.2, 0) is 12.8 Å². The number of alkyl halides is 1. The van der Waals surface area contributed by atoms with Crippen molar-refractivity contribution in [1.82, 2.24) is 9.97 Å². The Labute approximate surface area is 117 Å². The normalized spacial score (nSPS) is 12.4. The van der Waals surface area contributed by atoms with Crippen LogP contribution in [0.3, 0.4) is 0 Å². The lowest BCUT2D eigenvalue weighted by Gasteiger charge is -2.10. The summed E-state index contributed by atoms with van der Waals surface area (Å²) in [5.41, 5.74) is 3.50. The second-order valence-corrected chi connectivity index (χ2v) is 5.44. The lowest BCUT2D eigenvalue weighted by Crippen LogP contribution is -2.03. The van der Waals surface area contributed by atoms with Crippen LogP contribution in [0.1, 0.15) is 34.5 Å². The van der Waals surface area contributed by atoms with Crippen molar-refractivity contribution in [2.75, 3.05) is 0 Å². The average Bonchev–Trinajstić information content (AvgIpc) is 2.39. The molecule has 0 aliphatic rings. The SMILES string of the molecule is CCc1cc(CC(Br)c2ccccc2)nc(C)n1. The maximum atomic E-state index is 4.51. The molecule has 0 N–H and O–H groups in total. The summed E-state index contributed by atoms with van der Waals surface area (Å²) in [7, 11) is 0. The molecule has 1 atom stereocenters. The summed E-state index contributed by atoms with van der Waals surface area (Å²) in [6, 6.07) is 12.5. The molecule has 0 aliphatic carbocycles. The number of benzene rings is 1. The van der Waals surface area contributed by atoms with Crippen LogP contribution in [0.15, 0.2) is 36.4 Å². The van der Waals surface area contributed by atoms with Crippen LogP contribution in [-0.4, -0.2) is 9.97 Å². The maximum Gasteiger partial charge on any atom is 0.125 e. The van der Waals surface area contributed by atoms with Crippen molar-refractivity contribution < 1.29 is 0 Å². The van der Waals surface area contributed by atoms with Gasteiger partial charge in [-0.05, 0) is 25.0 Å². The van der Waals surface area contributed by atoms with Crippen LogP contribution in [0.4, 0.5) is 0 Å². The molecule has 0 saturated carbocycles. The molecule has 18 heavy (non-hydrogen) atoms. The van der Waals surface area contributed by atoms with Gasteiger partial charge in [-0.25, -0.2) is 9.97 Å². The lowest BCUT2D eigenvalue weighted by molar-refractivity contribution is 0.848. The van der Waals surface area contributed by atoms with E-state index < -0.39 is 0 Å². The number of halogens is 1. The summed E-state index contributed by atoms with van der Waals surface area (Å²) in [6.07, 6.45) is 1.84. The molecule has 0 fully saturated rings. The van der Waals surface area contributed by atoms with Gasteiger partial charge in [0.15, 0.2) is 0 Å². The van der Waals surface area contributed by atoms with Crippen molar-refractivity contribution in [2.24, 2.45) is 0 Å². The van der Waals surface area contributed by atoms with E-state index in [0.29, 0.717) is 4.83 Å². The number of hydrogen-bond donors (Lipinski definition) is 0. The Kier molecular flexibility index (Phi) is 4.48. The zero-order valence-corrected chi connectivity index (χ0v) is 12.3. The zero-order chi connectivity index (χ0) is 13.0. The minimum Gasteiger partial charge on any atom is -0.238 e. The number of aryl methyl sites for hydroxylation is 2. The average molecular weight is 305 g/mol. The molecule has 1 aromatic carbocycles. The third kappa shape index (κ3) is 3.39. The van der Waals surface area contributed by atoms with Crippen LogP contribution in [0.25, 0.3) is 0 Å². The fourth-order valence-electron chi connectivity index (χ4n) is 1.95. The Morgan fingerprint density at radius 1 is 1.11 bits per heavy atom. The quantitative estimate of drug-likeness (QED) is 0.797. The van der Waals surface area contributed by atoms with E-state index in [-0.39, 0.29) is 0 Å². The maximum absolute atomic E-state index is 4.51. The second-order valence-electron chi connectivity index (χ2n) is 4.33. The van der Waals surface area contributed by atoms with E-state index in [9.17, 15) is 0 Å². The molecule has 0 radical (unpaired) electrons. The topological polar surface area (TPSA) is 25.8 Å². The summed E-state index contributed by atoms with van der Waals surface area (Å²) >= 11 is 3.73. The van der Waals surface area contributed by atoms with Crippen molar-refractivity contribution >= 4 is 15.9 Å². The van der Waals surface area contributed by atoms with Gasteiger partial charge in [0.25, 0.3) is 0 Å². The van der Waals surface area contributed by atoms with Gasteiger partial charge in [-0.15, -0.1) is 0 Å². The second kappa shape index (κ2) is 6.10. The predicted molar refractivity (Wildman–Crippen MR) is 78.0 cm³/mol. The molecule has 0 bridgehead atoms. The molecule has 94 valence electrons. The number of rotatable bonds is 4. The first kappa shape index (κ1) is 13.2. The van der Waals surface area contributed by atoms with Gasteiger partial charge in [-0.2, -0.15) is 0 Å². The Morgan fingerprint density at radius 3 is 2.44 bits per heavy atom. The number of aromatic nitrogens is 2. The number of hydrogen-bond acceptors (Lipinski definition) is 2. The molecule has 2 aromatic rings. The standard InChI is InChI=1S/C15H17BrN2/c1-3-13-9-14(18-11(2)17-13)10-15(16)12-7-5-4-6-8-12/h4-9,15H,3,10H2,1-2H3. The third-order valence-electron chi connectivity index (χ3n) is 2.86. The molecule has 0 saturated heterocycles. The molecule has 3 heteroatoms. The smallest absolute Gasteiger partial charge is 0.125 e. The molecule has 0 spiro atoms. The Balaban J connectivity index is 2.16. The summed E-state index contributed by atoms with van der Waals surface area (Å²) in [5, 5.41) is 0. The third-order valence-corrected chi connectivity index (χ3v) is 3.71. The minimum absolute atomic E-state index is 0.303. The van der Waals surface area contributed by atoms with Gasteiger partial charge in [0, 0.05) is 22.6 Å². The fraction of sp³-hybridized carbons (Fsp3) is 0.333.